The van der Waals surface area contributed by atoms with E-state index in [1.807, 2.05) is 42.5 Å². The van der Waals surface area contributed by atoms with Crippen molar-refractivity contribution < 1.29 is 17.6 Å². The first kappa shape index (κ1) is 17.1. The molecule has 0 saturated carbocycles. The smallest absolute Gasteiger partial charge is 0.213 e. The Hall–Kier alpha value is -2.35. The third kappa shape index (κ3) is 3.33. The highest BCUT2D eigenvalue weighted by Gasteiger charge is 2.22. The number of hydrogen-bond acceptors (Lipinski definition) is 5. The lowest BCUT2D eigenvalue weighted by Crippen LogP contribution is -2.36. The molecule has 0 amide bonds. The van der Waals surface area contributed by atoms with Gasteiger partial charge in [0.1, 0.15) is 5.58 Å². The Morgan fingerprint density at radius 3 is 2.58 bits per heavy atom. The van der Waals surface area contributed by atoms with Crippen LogP contribution < -0.4 is 10.0 Å². The zero-order chi connectivity index (χ0) is 18.1. The maximum atomic E-state index is 11.8. The highest BCUT2D eigenvalue weighted by Crippen LogP contribution is 2.40. The molecule has 0 unspecified atom stereocenters. The van der Waals surface area contributed by atoms with Gasteiger partial charge in [-0.1, -0.05) is 30.3 Å². The van der Waals surface area contributed by atoms with Gasteiger partial charge in [-0.3, -0.25) is 0 Å². The number of anilines is 1. The van der Waals surface area contributed by atoms with E-state index in [2.05, 4.69) is 4.90 Å². The van der Waals surface area contributed by atoms with Crippen LogP contribution in [-0.4, -0.2) is 34.7 Å². The molecule has 2 aromatic carbocycles. The normalized spacial score (nSPS) is 15.5. The van der Waals surface area contributed by atoms with E-state index in [0.717, 1.165) is 40.9 Å². The van der Waals surface area contributed by atoms with Crippen molar-refractivity contribution in [3.05, 3.63) is 54.3 Å². The number of ether oxygens (including phenoxy) is 1. The van der Waals surface area contributed by atoms with Crippen LogP contribution in [0, 0.1) is 0 Å². The SMILES string of the molecule is NS(=O)(=O)Cc1cccc(N2CCOCC2)c1-c1coc2ccccc12. The molecule has 2 N–H and O–H groups in total. The molecule has 0 spiro atoms. The molecular formula is C19H20N2O4S. The van der Waals surface area contributed by atoms with Gasteiger partial charge in [0.05, 0.1) is 25.2 Å². The molecule has 6 nitrogen and oxygen atoms in total. The van der Waals surface area contributed by atoms with Gasteiger partial charge in [0.2, 0.25) is 10.0 Å². The van der Waals surface area contributed by atoms with Crippen LogP contribution in [0.1, 0.15) is 5.56 Å². The Bertz CT molecular complexity index is 1040. The molecule has 2 heterocycles. The van der Waals surface area contributed by atoms with E-state index in [1.54, 1.807) is 6.26 Å². The number of morpholine rings is 1. The zero-order valence-electron chi connectivity index (χ0n) is 14.2. The second-order valence-electron chi connectivity index (χ2n) is 6.36. The largest absolute Gasteiger partial charge is 0.464 e. The fourth-order valence-corrected chi connectivity index (χ4v) is 4.15. The van der Waals surface area contributed by atoms with E-state index in [9.17, 15) is 8.42 Å². The quantitative estimate of drug-likeness (QED) is 0.761. The van der Waals surface area contributed by atoms with Gasteiger partial charge in [-0.05, 0) is 17.7 Å². The second-order valence-corrected chi connectivity index (χ2v) is 7.98. The predicted octanol–water partition coefficient (Wildman–Crippen LogP) is 2.72. The molecule has 1 fully saturated rings. The molecule has 4 rings (SSSR count). The number of sulfonamides is 1. The molecule has 1 saturated heterocycles. The highest BCUT2D eigenvalue weighted by atomic mass is 32.2. The Balaban J connectivity index is 1.94. The first-order valence-corrected chi connectivity index (χ1v) is 10.2. The number of rotatable bonds is 4. The summed E-state index contributed by atoms with van der Waals surface area (Å²) in [5, 5.41) is 6.29. The molecule has 1 aromatic heterocycles. The average molecular weight is 372 g/mol. The summed E-state index contributed by atoms with van der Waals surface area (Å²) in [4.78, 5) is 2.22. The summed E-state index contributed by atoms with van der Waals surface area (Å²) in [6.45, 7) is 2.79. The van der Waals surface area contributed by atoms with E-state index in [1.165, 1.54) is 0 Å². The van der Waals surface area contributed by atoms with Crippen molar-refractivity contribution in [2.45, 2.75) is 5.75 Å². The summed E-state index contributed by atoms with van der Waals surface area (Å²) >= 11 is 0. The minimum absolute atomic E-state index is 0.222. The summed E-state index contributed by atoms with van der Waals surface area (Å²) in [6.07, 6.45) is 1.69. The van der Waals surface area contributed by atoms with E-state index in [0.29, 0.717) is 18.8 Å². The van der Waals surface area contributed by atoms with Crippen LogP contribution in [0.5, 0.6) is 0 Å². The van der Waals surface area contributed by atoms with Crippen molar-refractivity contribution in [2.24, 2.45) is 5.14 Å². The number of primary sulfonamides is 1. The van der Waals surface area contributed by atoms with Gasteiger partial charge in [0.15, 0.2) is 0 Å². The molecule has 136 valence electrons. The fourth-order valence-electron chi connectivity index (χ4n) is 3.47. The molecule has 26 heavy (non-hydrogen) atoms. The average Bonchev–Trinajstić information content (AvgIpc) is 3.05. The second kappa shape index (κ2) is 6.75. The predicted molar refractivity (Wildman–Crippen MR) is 101 cm³/mol. The number of nitrogens with two attached hydrogens (primary N) is 1. The lowest BCUT2D eigenvalue weighted by molar-refractivity contribution is 0.123. The van der Waals surface area contributed by atoms with Gasteiger partial charge in [-0.15, -0.1) is 0 Å². The molecule has 1 aliphatic heterocycles. The Morgan fingerprint density at radius 1 is 1.04 bits per heavy atom. The standard InChI is InChI=1S/C19H20N2O4S/c20-26(22,23)13-14-4-3-6-17(21-8-10-24-11-9-21)19(14)16-12-25-18-7-2-1-5-15(16)18/h1-7,12H,8-11,13H2,(H2,20,22,23). The highest BCUT2D eigenvalue weighted by molar-refractivity contribution is 7.88. The summed E-state index contributed by atoms with van der Waals surface area (Å²) in [6, 6.07) is 13.4. The van der Waals surface area contributed by atoms with E-state index < -0.39 is 10.0 Å². The summed E-state index contributed by atoms with van der Waals surface area (Å²) in [7, 11) is -3.67. The number of furan rings is 1. The monoisotopic (exact) mass is 372 g/mol. The number of hydrogen-bond donors (Lipinski definition) is 1. The van der Waals surface area contributed by atoms with Crippen molar-refractivity contribution >= 4 is 26.7 Å². The van der Waals surface area contributed by atoms with E-state index >= 15 is 0 Å². The Kier molecular flexibility index (Phi) is 4.44. The first-order chi connectivity index (χ1) is 12.5. The topological polar surface area (TPSA) is 85.8 Å². The molecule has 0 aliphatic carbocycles. The first-order valence-electron chi connectivity index (χ1n) is 8.44. The number of para-hydroxylation sites is 1. The van der Waals surface area contributed by atoms with Crippen LogP contribution >= 0.6 is 0 Å². The lowest BCUT2D eigenvalue weighted by atomic mass is 9.97. The molecule has 1 aliphatic rings. The van der Waals surface area contributed by atoms with E-state index in [4.69, 9.17) is 14.3 Å². The van der Waals surface area contributed by atoms with Crippen molar-refractivity contribution in [2.75, 3.05) is 31.2 Å². The van der Waals surface area contributed by atoms with Gasteiger partial charge < -0.3 is 14.1 Å². The summed E-state index contributed by atoms with van der Waals surface area (Å²) < 4.78 is 34.8. The van der Waals surface area contributed by atoms with Crippen LogP contribution in [0.2, 0.25) is 0 Å². The minimum Gasteiger partial charge on any atom is -0.464 e. The third-order valence-electron chi connectivity index (χ3n) is 4.59. The molecule has 3 aromatic rings. The molecular weight excluding hydrogens is 352 g/mol. The van der Waals surface area contributed by atoms with E-state index in [-0.39, 0.29) is 5.75 Å². The van der Waals surface area contributed by atoms with Gasteiger partial charge in [-0.2, -0.15) is 0 Å². The lowest BCUT2D eigenvalue weighted by Gasteiger charge is -2.31. The van der Waals surface area contributed by atoms with Crippen LogP contribution in [0.4, 0.5) is 5.69 Å². The van der Waals surface area contributed by atoms with Gasteiger partial charge in [-0.25, -0.2) is 13.6 Å². The van der Waals surface area contributed by atoms with Gasteiger partial charge in [0.25, 0.3) is 0 Å². The van der Waals surface area contributed by atoms with Crippen LogP contribution in [0.3, 0.4) is 0 Å². The maximum absolute atomic E-state index is 11.8. The number of fused-ring (bicyclic) bond motifs is 1. The number of benzene rings is 2. The fraction of sp³-hybridized carbons (Fsp3) is 0.263. The third-order valence-corrected chi connectivity index (χ3v) is 5.30. The Morgan fingerprint density at radius 2 is 1.81 bits per heavy atom. The van der Waals surface area contributed by atoms with Crippen LogP contribution in [0.25, 0.3) is 22.1 Å². The van der Waals surface area contributed by atoms with Crippen LogP contribution in [-0.2, 0) is 20.5 Å². The Labute approximate surface area is 152 Å². The van der Waals surface area contributed by atoms with Gasteiger partial charge >= 0.3 is 0 Å². The van der Waals surface area contributed by atoms with Crippen molar-refractivity contribution in [3.63, 3.8) is 0 Å². The van der Waals surface area contributed by atoms with Crippen molar-refractivity contribution in [1.29, 1.82) is 0 Å². The maximum Gasteiger partial charge on any atom is 0.213 e. The molecule has 0 radical (unpaired) electrons. The van der Waals surface area contributed by atoms with Crippen LogP contribution in [0.15, 0.2) is 53.1 Å². The molecule has 0 bridgehead atoms. The number of nitrogens with zero attached hydrogens (tertiary/aromatic N) is 1. The van der Waals surface area contributed by atoms with Gasteiger partial charge in [0, 0.05) is 35.3 Å². The summed E-state index contributed by atoms with van der Waals surface area (Å²) in [5.41, 5.74) is 4.14. The molecule has 7 heteroatoms. The molecule has 0 atom stereocenters. The zero-order valence-corrected chi connectivity index (χ0v) is 15.0. The summed E-state index contributed by atoms with van der Waals surface area (Å²) in [5.74, 6) is -0.222. The minimum atomic E-state index is -3.67. The van der Waals surface area contributed by atoms with Crippen molar-refractivity contribution in [1.82, 2.24) is 0 Å². The van der Waals surface area contributed by atoms with Crippen molar-refractivity contribution in [3.8, 4) is 11.1 Å².